The van der Waals surface area contributed by atoms with Crippen LogP contribution in [0, 0.1) is 0 Å². The normalized spacial score (nSPS) is 14.6. The van der Waals surface area contributed by atoms with E-state index in [0.717, 1.165) is 82.8 Å². The molecular formula is C19H34IN5O2. The van der Waals surface area contributed by atoms with Gasteiger partial charge in [-0.05, 0) is 32.8 Å². The Labute approximate surface area is 180 Å². The van der Waals surface area contributed by atoms with Crippen LogP contribution in [0.25, 0.3) is 0 Å². The van der Waals surface area contributed by atoms with Gasteiger partial charge in [-0.2, -0.15) is 0 Å². The number of rotatable bonds is 10. The summed E-state index contributed by atoms with van der Waals surface area (Å²) in [7, 11) is 0. The van der Waals surface area contributed by atoms with Crippen LogP contribution in [0.3, 0.4) is 0 Å². The second kappa shape index (κ2) is 14.9. The maximum atomic E-state index is 5.44. The fourth-order valence-electron chi connectivity index (χ4n) is 2.80. The summed E-state index contributed by atoms with van der Waals surface area (Å²) < 4.78 is 10.8. The first-order valence-electron chi connectivity index (χ1n) is 9.71. The SMILES string of the molecule is CCNC(=NCc1cccnc1N1CCOCC1)NCCCCOCC.I. The van der Waals surface area contributed by atoms with Gasteiger partial charge < -0.3 is 25.0 Å². The molecule has 7 nitrogen and oxygen atoms in total. The Morgan fingerprint density at radius 3 is 2.81 bits per heavy atom. The Morgan fingerprint density at radius 1 is 1.26 bits per heavy atom. The van der Waals surface area contributed by atoms with Crippen molar-refractivity contribution in [3.05, 3.63) is 23.9 Å². The van der Waals surface area contributed by atoms with Crippen LogP contribution in [0.2, 0.25) is 0 Å². The Morgan fingerprint density at radius 2 is 2.07 bits per heavy atom. The van der Waals surface area contributed by atoms with Crippen molar-refractivity contribution >= 4 is 35.8 Å². The predicted octanol–water partition coefficient (Wildman–Crippen LogP) is 2.41. The molecule has 2 heterocycles. The second-order valence-electron chi connectivity index (χ2n) is 6.11. The van der Waals surface area contributed by atoms with Gasteiger partial charge in [0.05, 0.1) is 19.8 Å². The van der Waals surface area contributed by atoms with Crippen molar-refractivity contribution in [2.75, 3.05) is 57.5 Å². The molecule has 1 aliphatic rings. The molecular weight excluding hydrogens is 457 g/mol. The van der Waals surface area contributed by atoms with Gasteiger partial charge >= 0.3 is 0 Å². The summed E-state index contributed by atoms with van der Waals surface area (Å²) in [6.07, 6.45) is 3.97. The molecule has 0 unspecified atom stereocenters. The second-order valence-corrected chi connectivity index (χ2v) is 6.11. The van der Waals surface area contributed by atoms with Crippen LogP contribution >= 0.6 is 24.0 Å². The Kier molecular flexibility index (Phi) is 13.2. The summed E-state index contributed by atoms with van der Waals surface area (Å²) in [6, 6.07) is 4.08. The van der Waals surface area contributed by atoms with Crippen molar-refractivity contribution in [3.8, 4) is 0 Å². The van der Waals surface area contributed by atoms with E-state index >= 15 is 0 Å². The molecule has 154 valence electrons. The molecule has 1 saturated heterocycles. The number of aromatic nitrogens is 1. The topological polar surface area (TPSA) is 71.0 Å². The van der Waals surface area contributed by atoms with Crippen molar-refractivity contribution in [2.45, 2.75) is 33.2 Å². The highest BCUT2D eigenvalue weighted by Crippen LogP contribution is 2.19. The van der Waals surface area contributed by atoms with Crippen LogP contribution in [0.1, 0.15) is 32.3 Å². The molecule has 2 N–H and O–H groups in total. The standard InChI is InChI=1S/C19H33N5O2.HI/c1-3-20-19(22-9-5-6-13-25-4-2)23-16-17-8-7-10-21-18(17)24-11-14-26-15-12-24;/h7-8,10H,3-6,9,11-16H2,1-2H3,(H2,20,22,23);1H. The number of pyridine rings is 1. The number of halogens is 1. The maximum Gasteiger partial charge on any atom is 0.191 e. The zero-order valence-corrected chi connectivity index (χ0v) is 18.9. The number of nitrogens with zero attached hydrogens (tertiary/aromatic N) is 3. The highest BCUT2D eigenvalue weighted by Gasteiger charge is 2.15. The van der Waals surface area contributed by atoms with Crippen LogP contribution in [-0.2, 0) is 16.0 Å². The molecule has 0 bridgehead atoms. The van der Waals surface area contributed by atoms with Gasteiger partial charge in [0.1, 0.15) is 5.82 Å². The third-order valence-electron chi connectivity index (χ3n) is 4.14. The van der Waals surface area contributed by atoms with Gasteiger partial charge in [0, 0.05) is 51.2 Å². The summed E-state index contributed by atoms with van der Waals surface area (Å²) in [5.41, 5.74) is 1.14. The van der Waals surface area contributed by atoms with Crippen LogP contribution in [0.4, 0.5) is 5.82 Å². The fraction of sp³-hybridized carbons (Fsp3) is 0.684. The summed E-state index contributed by atoms with van der Waals surface area (Å²) in [5, 5.41) is 6.70. The van der Waals surface area contributed by atoms with Gasteiger partial charge in [-0.25, -0.2) is 9.98 Å². The zero-order valence-electron chi connectivity index (χ0n) is 16.6. The number of anilines is 1. The number of hydrogen-bond donors (Lipinski definition) is 2. The molecule has 2 rings (SSSR count). The highest BCUT2D eigenvalue weighted by atomic mass is 127. The first-order chi connectivity index (χ1) is 12.8. The number of guanidine groups is 1. The zero-order chi connectivity index (χ0) is 18.5. The van der Waals surface area contributed by atoms with Gasteiger partial charge in [0.25, 0.3) is 0 Å². The lowest BCUT2D eigenvalue weighted by molar-refractivity contribution is 0.122. The maximum absolute atomic E-state index is 5.44. The number of hydrogen-bond acceptors (Lipinski definition) is 5. The van der Waals surface area contributed by atoms with Crippen LogP contribution < -0.4 is 15.5 Å². The van der Waals surface area contributed by atoms with E-state index in [2.05, 4.69) is 33.5 Å². The lowest BCUT2D eigenvalue weighted by Crippen LogP contribution is -2.38. The van der Waals surface area contributed by atoms with E-state index in [-0.39, 0.29) is 24.0 Å². The minimum absolute atomic E-state index is 0. The highest BCUT2D eigenvalue weighted by molar-refractivity contribution is 14.0. The number of aliphatic imine (C=N–C) groups is 1. The van der Waals surface area contributed by atoms with E-state index in [1.807, 2.05) is 19.2 Å². The van der Waals surface area contributed by atoms with Gasteiger partial charge in [-0.3, -0.25) is 0 Å². The number of morpholine rings is 1. The Bertz CT molecular complexity index is 539. The molecule has 1 aromatic heterocycles. The molecule has 27 heavy (non-hydrogen) atoms. The van der Waals surface area contributed by atoms with E-state index in [9.17, 15) is 0 Å². The Hall–Kier alpha value is -1.13. The molecule has 1 aromatic rings. The number of ether oxygens (including phenoxy) is 2. The smallest absolute Gasteiger partial charge is 0.191 e. The van der Waals surface area contributed by atoms with E-state index in [1.165, 1.54) is 0 Å². The van der Waals surface area contributed by atoms with Crippen LogP contribution in [0.5, 0.6) is 0 Å². The number of nitrogens with one attached hydrogen (secondary N) is 2. The first-order valence-corrected chi connectivity index (χ1v) is 9.71. The molecule has 0 spiro atoms. The molecule has 0 amide bonds. The minimum Gasteiger partial charge on any atom is -0.382 e. The van der Waals surface area contributed by atoms with Gasteiger partial charge in [-0.1, -0.05) is 6.07 Å². The van der Waals surface area contributed by atoms with Crippen LogP contribution in [0.15, 0.2) is 23.3 Å². The lowest BCUT2D eigenvalue weighted by Gasteiger charge is -2.29. The van der Waals surface area contributed by atoms with Crippen molar-refractivity contribution in [1.82, 2.24) is 15.6 Å². The van der Waals surface area contributed by atoms with Gasteiger partial charge in [0.2, 0.25) is 0 Å². The van der Waals surface area contributed by atoms with E-state index in [0.29, 0.717) is 6.54 Å². The quantitative estimate of drug-likeness (QED) is 0.227. The molecule has 8 heteroatoms. The van der Waals surface area contributed by atoms with E-state index < -0.39 is 0 Å². The van der Waals surface area contributed by atoms with Crippen molar-refractivity contribution in [1.29, 1.82) is 0 Å². The Balaban J connectivity index is 0.00000364. The molecule has 0 saturated carbocycles. The summed E-state index contributed by atoms with van der Waals surface area (Å²) in [4.78, 5) is 11.6. The molecule has 0 aromatic carbocycles. The van der Waals surface area contributed by atoms with Crippen molar-refractivity contribution in [3.63, 3.8) is 0 Å². The average Bonchev–Trinajstić information content (AvgIpc) is 2.69. The molecule has 0 atom stereocenters. The van der Waals surface area contributed by atoms with Crippen molar-refractivity contribution < 1.29 is 9.47 Å². The molecule has 0 radical (unpaired) electrons. The van der Waals surface area contributed by atoms with Gasteiger partial charge in [0.15, 0.2) is 5.96 Å². The lowest BCUT2D eigenvalue weighted by atomic mass is 10.2. The van der Waals surface area contributed by atoms with Crippen LogP contribution in [-0.4, -0.2) is 63.6 Å². The predicted molar refractivity (Wildman–Crippen MR) is 121 cm³/mol. The van der Waals surface area contributed by atoms with E-state index in [1.54, 1.807) is 0 Å². The van der Waals surface area contributed by atoms with Gasteiger partial charge in [-0.15, -0.1) is 24.0 Å². The fourth-order valence-corrected chi connectivity index (χ4v) is 2.80. The third kappa shape index (κ3) is 9.07. The molecule has 1 aliphatic heterocycles. The van der Waals surface area contributed by atoms with Crippen molar-refractivity contribution in [2.24, 2.45) is 4.99 Å². The summed E-state index contributed by atoms with van der Waals surface area (Å²) in [6.45, 7) is 11.3. The average molecular weight is 491 g/mol. The number of unbranched alkanes of at least 4 members (excludes halogenated alkanes) is 1. The third-order valence-corrected chi connectivity index (χ3v) is 4.14. The summed E-state index contributed by atoms with van der Waals surface area (Å²) >= 11 is 0. The molecule has 0 aliphatic carbocycles. The first kappa shape index (κ1) is 23.9. The summed E-state index contributed by atoms with van der Waals surface area (Å²) in [5.74, 6) is 1.87. The largest absolute Gasteiger partial charge is 0.382 e. The van der Waals surface area contributed by atoms with E-state index in [4.69, 9.17) is 14.5 Å². The monoisotopic (exact) mass is 491 g/mol. The molecule has 1 fully saturated rings. The minimum atomic E-state index is 0.